The van der Waals surface area contributed by atoms with Crippen LogP contribution in [-0.2, 0) is 4.74 Å². The second-order valence-electron chi connectivity index (χ2n) is 7.12. The highest BCUT2D eigenvalue weighted by Crippen LogP contribution is 2.35. The van der Waals surface area contributed by atoms with E-state index in [0.717, 1.165) is 12.1 Å². The minimum atomic E-state index is -0.983. The van der Waals surface area contributed by atoms with E-state index >= 15 is 0 Å². The van der Waals surface area contributed by atoms with E-state index in [0.29, 0.717) is 18.6 Å². The number of nitro benzene ring substituents is 1. The van der Waals surface area contributed by atoms with Crippen molar-refractivity contribution in [2.24, 2.45) is 0 Å². The van der Waals surface area contributed by atoms with Crippen LogP contribution in [-0.4, -0.2) is 29.5 Å². The Balaban J connectivity index is 1.85. The summed E-state index contributed by atoms with van der Waals surface area (Å²) in [4.78, 5) is 23.1. The minimum Gasteiger partial charge on any atom is -0.374 e. The van der Waals surface area contributed by atoms with Gasteiger partial charge in [-0.3, -0.25) is 14.9 Å². The Morgan fingerprint density at radius 1 is 1.21 bits per heavy atom. The van der Waals surface area contributed by atoms with Gasteiger partial charge in [-0.25, -0.2) is 8.78 Å². The van der Waals surface area contributed by atoms with Gasteiger partial charge in [-0.05, 0) is 50.1 Å². The molecule has 2 N–H and O–H groups in total. The minimum absolute atomic E-state index is 0.105. The summed E-state index contributed by atoms with van der Waals surface area (Å²) in [6.45, 7) is 3.95. The number of nitrogens with zero attached hydrogens (tertiary/aromatic N) is 1. The van der Waals surface area contributed by atoms with E-state index in [1.807, 2.05) is 0 Å². The smallest absolute Gasteiger partial charge is 0.293 e. The highest BCUT2D eigenvalue weighted by molar-refractivity contribution is 5.95. The number of hydrogen-bond acceptors (Lipinski definition) is 5. The fourth-order valence-electron chi connectivity index (χ4n) is 3.25. The second-order valence-corrected chi connectivity index (χ2v) is 7.12. The number of hydrogen-bond donors (Lipinski definition) is 2. The van der Waals surface area contributed by atoms with Gasteiger partial charge in [-0.1, -0.05) is 6.07 Å². The zero-order valence-electron chi connectivity index (χ0n) is 15.9. The Labute approximate surface area is 166 Å². The van der Waals surface area contributed by atoms with Gasteiger partial charge in [0.2, 0.25) is 0 Å². The SMILES string of the molecule is CC(C)NC(=O)c1ccc(NC2CCOC2c2ccc(F)c(F)c2)c([N+](=O)[O-])c1. The van der Waals surface area contributed by atoms with Gasteiger partial charge in [0, 0.05) is 24.3 Å². The van der Waals surface area contributed by atoms with E-state index in [9.17, 15) is 23.7 Å². The zero-order chi connectivity index (χ0) is 21.1. The quantitative estimate of drug-likeness (QED) is 0.561. The lowest BCUT2D eigenvalue weighted by atomic mass is 10.0. The molecule has 0 bridgehead atoms. The van der Waals surface area contributed by atoms with Gasteiger partial charge < -0.3 is 15.4 Å². The molecular weight excluding hydrogens is 384 g/mol. The van der Waals surface area contributed by atoms with Crippen molar-refractivity contribution in [1.29, 1.82) is 0 Å². The molecule has 154 valence electrons. The van der Waals surface area contributed by atoms with Gasteiger partial charge >= 0.3 is 0 Å². The molecule has 2 aromatic rings. The number of amides is 1. The topological polar surface area (TPSA) is 93.5 Å². The highest BCUT2D eigenvalue weighted by atomic mass is 19.2. The average molecular weight is 405 g/mol. The lowest BCUT2D eigenvalue weighted by Crippen LogP contribution is -2.30. The van der Waals surface area contributed by atoms with Gasteiger partial charge in [0.25, 0.3) is 11.6 Å². The van der Waals surface area contributed by atoms with E-state index in [1.165, 1.54) is 24.3 Å². The molecule has 3 rings (SSSR count). The molecule has 1 heterocycles. The maximum atomic E-state index is 13.6. The molecule has 0 spiro atoms. The van der Waals surface area contributed by atoms with E-state index < -0.39 is 28.6 Å². The van der Waals surface area contributed by atoms with E-state index in [-0.39, 0.29) is 29.0 Å². The van der Waals surface area contributed by atoms with Crippen molar-refractivity contribution >= 4 is 17.3 Å². The molecule has 2 atom stereocenters. The van der Waals surface area contributed by atoms with Gasteiger partial charge in [-0.15, -0.1) is 0 Å². The lowest BCUT2D eigenvalue weighted by molar-refractivity contribution is -0.384. The third-order valence-corrected chi connectivity index (χ3v) is 4.58. The summed E-state index contributed by atoms with van der Waals surface area (Å²) in [5, 5.41) is 17.3. The number of carbonyl (C=O) groups is 1. The molecule has 1 amide bonds. The summed E-state index contributed by atoms with van der Waals surface area (Å²) in [7, 11) is 0. The predicted octanol–water partition coefficient (Wildman–Crippen LogP) is 3.95. The first-order valence-electron chi connectivity index (χ1n) is 9.18. The van der Waals surface area contributed by atoms with Crippen LogP contribution < -0.4 is 10.6 Å². The number of ether oxygens (including phenoxy) is 1. The van der Waals surface area contributed by atoms with Crippen molar-refractivity contribution in [3.63, 3.8) is 0 Å². The summed E-state index contributed by atoms with van der Waals surface area (Å²) in [6, 6.07) is 7.20. The molecule has 9 heteroatoms. The Morgan fingerprint density at radius 3 is 2.62 bits per heavy atom. The third kappa shape index (κ3) is 4.68. The van der Waals surface area contributed by atoms with Crippen molar-refractivity contribution in [2.75, 3.05) is 11.9 Å². The highest BCUT2D eigenvalue weighted by Gasteiger charge is 2.32. The average Bonchev–Trinajstić information content (AvgIpc) is 3.11. The van der Waals surface area contributed by atoms with Crippen LogP contribution in [0.2, 0.25) is 0 Å². The second kappa shape index (κ2) is 8.52. The van der Waals surface area contributed by atoms with Crippen LogP contribution in [0, 0.1) is 21.7 Å². The van der Waals surface area contributed by atoms with Crippen molar-refractivity contribution in [3.8, 4) is 0 Å². The molecule has 0 aromatic heterocycles. The maximum absolute atomic E-state index is 13.6. The van der Waals surface area contributed by atoms with Crippen LogP contribution in [0.1, 0.15) is 42.3 Å². The number of rotatable bonds is 6. The van der Waals surface area contributed by atoms with Crippen LogP contribution >= 0.6 is 0 Å². The zero-order valence-corrected chi connectivity index (χ0v) is 15.9. The first-order chi connectivity index (χ1) is 13.8. The largest absolute Gasteiger partial charge is 0.374 e. The van der Waals surface area contributed by atoms with Gasteiger partial charge in [0.1, 0.15) is 11.8 Å². The Kier molecular flexibility index (Phi) is 6.07. The number of halogens is 2. The van der Waals surface area contributed by atoms with Crippen LogP contribution in [0.15, 0.2) is 36.4 Å². The first-order valence-corrected chi connectivity index (χ1v) is 9.18. The Morgan fingerprint density at radius 2 is 1.97 bits per heavy atom. The van der Waals surface area contributed by atoms with Crippen molar-refractivity contribution in [2.45, 2.75) is 38.5 Å². The van der Waals surface area contributed by atoms with Gasteiger partial charge in [0.15, 0.2) is 11.6 Å². The summed E-state index contributed by atoms with van der Waals surface area (Å²) in [5.74, 6) is -2.34. The molecule has 2 aromatic carbocycles. The lowest BCUT2D eigenvalue weighted by Gasteiger charge is -2.21. The van der Waals surface area contributed by atoms with Crippen LogP contribution in [0.25, 0.3) is 0 Å². The molecule has 29 heavy (non-hydrogen) atoms. The van der Waals surface area contributed by atoms with Crippen LogP contribution in [0.5, 0.6) is 0 Å². The van der Waals surface area contributed by atoms with Crippen molar-refractivity contribution < 1.29 is 23.2 Å². The monoisotopic (exact) mass is 405 g/mol. The molecule has 0 saturated carbocycles. The summed E-state index contributed by atoms with van der Waals surface area (Å²) >= 11 is 0. The molecule has 1 aliphatic heterocycles. The molecule has 1 aliphatic rings. The molecule has 7 nitrogen and oxygen atoms in total. The number of benzene rings is 2. The molecule has 0 aliphatic carbocycles. The summed E-state index contributed by atoms with van der Waals surface area (Å²) < 4.78 is 32.4. The molecule has 1 saturated heterocycles. The van der Waals surface area contributed by atoms with Gasteiger partial charge in [0.05, 0.1) is 11.0 Å². The summed E-state index contributed by atoms with van der Waals surface area (Å²) in [5.41, 5.74) is 0.585. The van der Waals surface area contributed by atoms with Crippen molar-refractivity contribution in [1.82, 2.24) is 5.32 Å². The number of nitro groups is 1. The molecule has 2 unspecified atom stereocenters. The fraction of sp³-hybridized carbons (Fsp3) is 0.350. The van der Waals surface area contributed by atoms with Crippen LogP contribution in [0.4, 0.5) is 20.2 Å². The van der Waals surface area contributed by atoms with E-state index in [2.05, 4.69) is 10.6 Å². The first kappa shape index (κ1) is 20.7. The maximum Gasteiger partial charge on any atom is 0.293 e. The third-order valence-electron chi connectivity index (χ3n) is 4.58. The number of nitrogens with one attached hydrogen (secondary N) is 2. The fourth-order valence-corrected chi connectivity index (χ4v) is 3.25. The normalized spacial score (nSPS) is 18.7. The Hall–Kier alpha value is -3.07. The standard InChI is InChI=1S/C20H21F2N3O4/c1-11(2)23-20(26)13-4-6-16(18(10-13)25(27)28)24-17-7-8-29-19(17)12-3-5-14(21)15(22)9-12/h3-6,9-11,17,19,24H,7-8H2,1-2H3,(H,23,26). The van der Waals surface area contributed by atoms with E-state index in [1.54, 1.807) is 13.8 Å². The van der Waals surface area contributed by atoms with E-state index in [4.69, 9.17) is 4.74 Å². The molecular formula is C20H21F2N3O4. The predicted molar refractivity (Wildman–Crippen MR) is 103 cm³/mol. The number of anilines is 1. The molecule has 0 radical (unpaired) electrons. The Bertz CT molecular complexity index is 936. The molecule has 1 fully saturated rings. The van der Waals surface area contributed by atoms with Crippen molar-refractivity contribution in [3.05, 3.63) is 69.3 Å². The number of carbonyl (C=O) groups excluding carboxylic acids is 1. The van der Waals surface area contributed by atoms with Crippen LogP contribution in [0.3, 0.4) is 0 Å². The summed E-state index contributed by atoms with van der Waals surface area (Å²) in [6.07, 6.45) is -0.0650. The van der Waals surface area contributed by atoms with Gasteiger partial charge in [-0.2, -0.15) is 0 Å².